The minimum Gasteiger partial charge on any atom is -0.477 e. The highest BCUT2D eigenvalue weighted by Crippen LogP contribution is 2.23. The average molecular weight is 324 g/mol. The van der Waals surface area contributed by atoms with Crippen LogP contribution in [0, 0.1) is 6.92 Å². The Hall–Kier alpha value is -2.69. The second-order valence-corrected chi connectivity index (χ2v) is 6.22. The predicted molar refractivity (Wildman–Crippen MR) is 90.1 cm³/mol. The van der Waals surface area contributed by atoms with Gasteiger partial charge in [0.05, 0.1) is 5.56 Å². The van der Waals surface area contributed by atoms with E-state index in [1.165, 1.54) is 23.4 Å². The number of benzene rings is 1. The number of aromatic carboxylic acids is 1. The van der Waals surface area contributed by atoms with Gasteiger partial charge in [0.25, 0.3) is 5.91 Å². The first kappa shape index (κ1) is 16.2. The Kier molecular flexibility index (Phi) is 4.60. The van der Waals surface area contributed by atoms with Crippen LogP contribution in [0.5, 0.6) is 0 Å². The highest BCUT2D eigenvalue weighted by atomic mass is 16.4. The zero-order chi connectivity index (χ0) is 17.1. The highest BCUT2D eigenvalue weighted by molar-refractivity contribution is 5.95. The maximum atomic E-state index is 12.7. The van der Waals surface area contributed by atoms with E-state index in [1.807, 2.05) is 4.90 Å². The Morgan fingerprint density at radius 1 is 1.21 bits per heavy atom. The summed E-state index contributed by atoms with van der Waals surface area (Å²) < 4.78 is 0. The van der Waals surface area contributed by atoms with Crippen molar-refractivity contribution in [3.05, 3.63) is 65.0 Å². The fourth-order valence-corrected chi connectivity index (χ4v) is 3.12. The van der Waals surface area contributed by atoms with Gasteiger partial charge in [-0.25, -0.2) is 9.78 Å². The standard InChI is InChI=1S/C19H20N2O3/c1-13-4-6-14(7-5-13)11-16-3-2-10-21(16)18(22)15-8-9-17(19(23)24)20-12-15/h4-9,12,16H,2-3,10-11H2,1H3,(H,23,24)/t16-/m0/s1. The summed E-state index contributed by atoms with van der Waals surface area (Å²) in [6.07, 6.45) is 4.17. The molecule has 1 aromatic carbocycles. The molecule has 0 saturated carbocycles. The molecular formula is C19H20N2O3. The second kappa shape index (κ2) is 6.83. The molecule has 0 unspecified atom stereocenters. The van der Waals surface area contributed by atoms with Crippen LogP contribution in [0.2, 0.25) is 0 Å². The summed E-state index contributed by atoms with van der Waals surface area (Å²) >= 11 is 0. The lowest BCUT2D eigenvalue weighted by Gasteiger charge is -2.25. The lowest BCUT2D eigenvalue weighted by molar-refractivity contribution is 0.0685. The van der Waals surface area contributed by atoms with Gasteiger partial charge in [0, 0.05) is 18.8 Å². The van der Waals surface area contributed by atoms with Gasteiger partial charge in [-0.1, -0.05) is 29.8 Å². The molecule has 0 radical (unpaired) electrons. The Bertz CT molecular complexity index is 738. The van der Waals surface area contributed by atoms with Gasteiger partial charge in [-0.05, 0) is 43.9 Å². The fourth-order valence-electron chi connectivity index (χ4n) is 3.12. The van der Waals surface area contributed by atoms with Crippen molar-refractivity contribution in [3.63, 3.8) is 0 Å². The van der Waals surface area contributed by atoms with E-state index < -0.39 is 5.97 Å². The molecule has 24 heavy (non-hydrogen) atoms. The van der Waals surface area contributed by atoms with Crippen LogP contribution in [0.25, 0.3) is 0 Å². The molecule has 0 spiro atoms. The largest absolute Gasteiger partial charge is 0.477 e. The van der Waals surface area contributed by atoms with Gasteiger partial charge >= 0.3 is 5.97 Å². The van der Waals surface area contributed by atoms with Crippen molar-refractivity contribution >= 4 is 11.9 Å². The molecule has 1 N–H and O–H groups in total. The van der Waals surface area contributed by atoms with E-state index in [0.29, 0.717) is 5.56 Å². The van der Waals surface area contributed by atoms with Crippen LogP contribution in [0.15, 0.2) is 42.6 Å². The molecule has 1 aliphatic heterocycles. The molecule has 1 aliphatic rings. The first-order valence-electron chi connectivity index (χ1n) is 8.10. The zero-order valence-corrected chi connectivity index (χ0v) is 13.6. The summed E-state index contributed by atoms with van der Waals surface area (Å²) in [4.78, 5) is 29.3. The number of likely N-dealkylation sites (tertiary alicyclic amines) is 1. The molecule has 0 bridgehead atoms. The lowest BCUT2D eigenvalue weighted by atomic mass is 10.0. The van der Waals surface area contributed by atoms with Crippen molar-refractivity contribution in [2.45, 2.75) is 32.2 Å². The number of hydrogen-bond donors (Lipinski definition) is 1. The van der Waals surface area contributed by atoms with Gasteiger partial charge in [-0.2, -0.15) is 0 Å². The molecule has 124 valence electrons. The number of carbonyl (C=O) groups is 2. The Morgan fingerprint density at radius 3 is 2.58 bits per heavy atom. The van der Waals surface area contributed by atoms with E-state index in [-0.39, 0.29) is 17.6 Å². The smallest absolute Gasteiger partial charge is 0.354 e. The molecule has 5 nitrogen and oxygen atoms in total. The molecule has 2 heterocycles. The molecule has 1 saturated heterocycles. The van der Waals surface area contributed by atoms with Crippen LogP contribution < -0.4 is 0 Å². The number of carbonyl (C=O) groups excluding carboxylic acids is 1. The Balaban J connectivity index is 1.73. The monoisotopic (exact) mass is 324 g/mol. The van der Waals surface area contributed by atoms with Crippen LogP contribution in [0.4, 0.5) is 0 Å². The number of hydrogen-bond acceptors (Lipinski definition) is 3. The van der Waals surface area contributed by atoms with Gasteiger partial charge in [-0.3, -0.25) is 4.79 Å². The lowest BCUT2D eigenvalue weighted by Crippen LogP contribution is -2.36. The SMILES string of the molecule is Cc1ccc(C[C@@H]2CCCN2C(=O)c2ccc(C(=O)O)nc2)cc1. The van der Waals surface area contributed by atoms with Crippen molar-refractivity contribution in [2.24, 2.45) is 0 Å². The van der Waals surface area contributed by atoms with Gasteiger partial charge in [0.2, 0.25) is 0 Å². The number of aromatic nitrogens is 1. The number of pyridine rings is 1. The summed E-state index contributed by atoms with van der Waals surface area (Å²) in [5.74, 6) is -1.17. The van der Waals surface area contributed by atoms with Crippen molar-refractivity contribution in [1.29, 1.82) is 0 Å². The van der Waals surface area contributed by atoms with Gasteiger partial charge in [0.15, 0.2) is 0 Å². The van der Waals surface area contributed by atoms with Gasteiger partial charge < -0.3 is 10.0 Å². The van der Waals surface area contributed by atoms with E-state index in [9.17, 15) is 9.59 Å². The maximum Gasteiger partial charge on any atom is 0.354 e. The zero-order valence-electron chi connectivity index (χ0n) is 13.6. The number of aryl methyl sites for hydroxylation is 1. The van der Waals surface area contributed by atoms with Crippen molar-refractivity contribution in [1.82, 2.24) is 9.88 Å². The topological polar surface area (TPSA) is 70.5 Å². The number of amides is 1. The summed E-state index contributed by atoms with van der Waals surface area (Å²) in [5.41, 5.74) is 2.84. The average Bonchev–Trinajstić information content (AvgIpc) is 3.04. The number of nitrogens with zero attached hydrogens (tertiary/aromatic N) is 2. The van der Waals surface area contributed by atoms with E-state index in [4.69, 9.17) is 5.11 Å². The molecule has 2 aromatic rings. The molecule has 3 rings (SSSR count). The second-order valence-electron chi connectivity index (χ2n) is 6.22. The van der Waals surface area contributed by atoms with Gasteiger partial charge in [0.1, 0.15) is 5.69 Å². The Morgan fingerprint density at radius 2 is 1.96 bits per heavy atom. The molecule has 1 fully saturated rings. The molecule has 1 aromatic heterocycles. The minimum absolute atomic E-state index is 0.0517. The number of rotatable bonds is 4. The van der Waals surface area contributed by atoms with E-state index >= 15 is 0 Å². The van der Waals surface area contributed by atoms with E-state index in [2.05, 4.69) is 36.2 Å². The summed E-state index contributed by atoms with van der Waals surface area (Å²) in [7, 11) is 0. The highest BCUT2D eigenvalue weighted by Gasteiger charge is 2.29. The molecule has 5 heteroatoms. The Labute approximate surface area is 140 Å². The first-order chi connectivity index (χ1) is 11.5. The third kappa shape index (κ3) is 3.45. The predicted octanol–water partition coefficient (Wildman–Crippen LogP) is 2.94. The molecule has 1 amide bonds. The van der Waals surface area contributed by atoms with E-state index in [1.54, 1.807) is 6.07 Å². The molecular weight excluding hydrogens is 304 g/mol. The van der Waals surface area contributed by atoms with Crippen LogP contribution >= 0.6 is 0 Å². The summed E-state index contributed by atoms with van der Waals surface area (Å²) in [6, 6.07) is 11.5. The third-order valence-corrected chi connectivity index (χ3v) is 4.46. The van der Waals surface area contributed by atoms with Crippen LogP contribution in [-0.4, -0.2) is 39.5 Å². The van der Waals surface area contributed by atoms with Crippen molar-refractivity contribution in [2.75, 3.05) is 6.54 Å². The number of carboxylic acids is 1. The van der Waals surface area contributed by atoms with Crippen molar-refractivity contribution in [3.8, 4) is 0 Å². The first-order valence-corrected chi connectivity index (χ1v) is 8.10. The third-order valence-electron chi connectivity index (χ3n) is 4.46. The van der Waals surface area contributed by atoms with E-state index in [0.717, 1.165) is 25.8 Å². The van der Waals surface area contributed by atoms with Crippen LogP contribution in [0.1, 0.15) is 44.8 Å². The van der Waals surface area contributed by atoms with Crippen LogP contribution in [0.3, 0.4) is 0 Å². The minimum atomic E-state index is -1.09. The van der Waals surface area contributed by atoms with Gasteiger partial charge in [-0.15, -0.1) is 0 Å². The van der Waals surface area contributed by atoms with Crippen molar-refractivity contribution < 1.29 is 14.7 Å². The molecule has 1 atom stereocenters. The maximum absolute atomic E-state index is 12.7. The quantitative estimate of drug-likeness (QED) is 0.938. The normalized spacial score (nSPS) is 17.0. The summed E-state index contributed by atoms with van der Waals surface area (Å²) in [6.45, 7) is 2.79. The summed E-state index contributed by atoms with van der Waals surface area (Å²) in [5, 5.41) is 8.89. The van der Waals surface area contributed by atoms with Crippen LogP contribution in [-0.2, 0) is 6.42 Å². The number of carboxylic acid groups (broad SMARTS) is 1. The molecule has 0 aliphatic carbocycles. The fraction of sp³-hybridized carbons (Fsp3) is 0.316.